The minimum Gasteiger partial charge on any atom is -0.393 e. The second-order valence-electron chi connectivity index (χ2n) is 6.19. The fourth-order valence-electron chi connectivity index (χ4n) is 2.87. The van der Waals surface area contributed by atoms with Crippen molar-refractivity contribution in [2.45, 2.75) is 44.9 Å². The molecule has 1 saturated heterocycles. The van der Waals surface area contributed by atoms with E-state index in [2.05, 4.69) is 5.32 Å². The second kappa shape index (κ2) is 8.26. The summed E-state index contributed by atoms with van der Waals surface area (Å²) in [7, 11) is 0. The highest BCUT2D eigenvalue weighted by Gasteiger charge is 2.28. The summed E-state index contributed by atoms with van der Waals surface area (Å²) in [6, 6.07) is 6.00. The van der Waals surface area contributed by atoms with Crippen molar-refractivity contribution < 1.29 is 19.0 Å². The molecule has 6 heteroatoms. The molecule has 1 aromatic carbocycles. The van der Waals surface area contributed by atoms with Crippen molar-refractivity contribution in [1.29, 1.82) is 0 Å². The van der Waals surface area contributed by atoms with Gasteiger partial charge < -0.3 is 20.1 Å². The van der Waals surface area contributed by atoms with Gasteiger partial charge in [-0.05, 0) is 44.4 Å². The number of urea groups is 1. The lowest BCUT2D eigenvalue weighted by Crippen LogP contribution is -2.54. The molecule has 5 nitrogen and oxygen atoms in total. The number of ether oxygens (including phenoxy) is 1. The van der Waals surface area contributed by atoms with Crippen LogP contribution in [0.5, 0.6) is 0 Å². The van der Waals surface area contributed by atoms with Crippen LogP contribution in [0, 0.1) is 5.82 Å². The quantitative estimate of drug-likeness (QED) is 0.870. The highest BCUT2D eigenvalue weighted by molar-refractivity contribution is 5.75. The molecule has 0 saturated carbocycles. The molecule has 1 aromatic rings. The van der Waals surface area contributed by atoms with Gasteiger partial charge in [0.2, 0.25) is 0 Å². The van der Waals surface area contributed by atoms with Crippen LogP contribution in [0.25, 0.3) is 0 Å². The van der Waals surface area contributed by atoms with Crippen molar-refractivity contribution in [1.82, 2.24) is 10.2 Å². The van der Waals surface area contributed by atoms with Crippen molar-refractivity contribution in [3.8, 4) is 0 Å². The van der Waals surface area contributed by atoms with E-state index in [-0.39, 0.29) is 23.9 Å². The first-order valence-corrected chi connectivity index (χ1v) is 8.03. The molecule has 1 aliphatic heterocycles. The maximum Gasteiger partial charge on any atom is 0.318 e. The molecule has 1 fully saturated rings. The lowest BCUT2D eigenvalue weighted by Gasteiger charge is -2.37. The summed E-state index contributed by atoms with van der Waals surface area (Å²) >= 11 is 0. The Bertz CT molecular complexity index is 524. The molecule has 23 heavy (non-hydrogen) atoms. The van der Waals surface area contributed by atoms with Crippen molar-refractivity contribution in [3.63, 3.8) is 0 Å². The standard InChI is InChI=1S/C17H25FN2O3/c1-12(8-14-4-3-5-15(18)10-14)19-17(22)20-6-7-23-11-16(20)9-13(2)21/h3-5,10,12-13,16,21H,6-9,11H2,1-2H3,(H,19,22)/t12-,13+,16+/m1/s1. The van der Waals surface area contributed by atoms with Crippen molar-refractivity contribution >= 4 is 6.03 Å². The molecule has 1 heterocycles. The SMILES string of the molecule is C[C@H](O)C[C@H]1COCCN1C(=O)N[C@H](C)Cc1cccc(F)c1. The fourth-order valence-corrected chi connectivity index (χ4v) is 2.87. The number of carbonyl (C=O) groups is 1. The Morgan fingerprint density at radius 1 is 1.52 bits per heavy atom. The number of morpholine rings is 1. The smallest absolute Gasteiger partial charge is 0.318 e. The van der Waals surface area contributed by atoms with Gasteiger partial charge in [-0.3, -0.25) is 0 Å². The predicted molar refractivity (Wildman–Crippen MR) is 85.7 cm³/mol. The Morgan fingerprint density at radius 2 is 2.30 bits per heavy atom. The highest BCUT2D eigenvalue weighted by Crippen LogP contribution is 2.14. The Balaban J connectivity index is 1.91. The normalized spacial score (nSPS) is 20.9. The molecule has 3 atom stereocenters. The van der Waals surface area contributed by atoms with Gasteiger partial charge in [0, 0.05) is 12.6 Å². The number of nitrogens with one attached hydrogen (secondary N) is 1. The van der Waals surface area contributed by atoms with Gasteiger partial charge >= 0.3 is 6.03 Å². The van der Waals surface area contributed by atoms with Gasteiger partial charge in [0.25, 0.3) is 0 Å². The van der Waals surface area contributed by atoms with E-state index >= 15 is 0 Å². The molecule has 1 aliphatic rings. The molecule has 0 aromatic heterocycles. The average Bonchev–Trinajstić information content (AvgIpc) is 2.46. The number of carbonyl (C=O) groups excluding carboxylic acids is 1. The minimum atomic E-state index is -0.485. The van der Waals surface area contributed by atoms with Gasteiger partial charge in [0.05, 0.1) is 25.4 Å². The Labute approximate surface area is 136 Å². The number of aliphatic hydroxyl groups excluding tert-OH is 1. The number of rotatable bonds is 5. The number of nitrogens with zero attached hydrogens (tertiary/aromatic N) is 1. The molecule has 2 N–H and O–H groups in total. The van der Waals surface area contributed by atoms with Crippen molar-refractivity contribution in [3.05, 3.63) is 35.6 Å². The molecule has 0 bridgehead atoms. The van der Waals surface area contributed by atoms with Gasteiger partial charge in [-0.15, -0.1) is 0 Å². The van der Waals surface area contributed by atoms with Crippen LogP contribution in [-0.4, -0.2) is 54.0 Å². The largest absolute Gasteiger partial charge is 0.393 e. The third kappa shape index (κ3) is 5.48. The molecule has 2 amide bonds. The number of hydrogen-bond donors (Lipinski definition) is 2. The van der Waals surface area contributed by atoms with Crippen molar-refractivity contribution in [2.24, 2.45) is 0 Å². The molecule has 0 aliphatic carbocycles. The van der Waals surface area contributed by atoms with Crippen LogP contribution in [0.4, 0.5) is 9.18 Å². The molecule has 0 unspecified atom stereocenters. The Kier molecular flexibility index (Phi) is 6.36. The first kappa shape index (κ1) is 17.7. The summed E-state index contributed by atoms with van der Waals surface area (Å²) in [6.45, 7) is 5.05. The molecular weight excluding hydrogens is 299 g/mol. The van der Waals surface area contributed by atoms with Crippen LogP contribution >= 0.6 is 0 Å². The maximum absolute atomic E-state index is 13.2. The highest BCUT2D eigenvalue weighted by atomic mass is 19.1. The van der Waals surface area contributed by atoms with Crippen LogP contribution in [0.1, 0.15) is 25.8 Å². The maximum atomic E-state index is 13.2. The summed E-state index contributed by atoms with van der Waals surface area (Å²) in [6.07, 6.45) is 0.572. The number of aliphatic hydroxyl groups is 1. The van der Waals surface area contributed by atoms with E-state index in [1.807, 2.05) is 13.0 Å². The van der Waals surface area contributed by atoms with Crippen LogP contribution in [0.2, 0.25) is 0 Å². The van der Waals surface area contributed by atoms with E-state index < -0.39 is 6.10 Å². The van der Waals surface area contributed by atoms with Crippen molar-refractivity contribution in [2.75, 3.05) is 19.8 Å². The number of amides is 2. The van der Waals surface area contributed by atoms with Crippen LogP contribution in [0.3, 0.4) is 0 Å². The average molecular weight is 324 g/mol. The summed E-state index contributed by atoms with van der Waals surface area (Å²) < 4.78 is 18.6. The van der Waals surface area contributed by atoms with Gasteiger partial charge in [-0.2, -0.15) is 0 Å². The van der Waals surface area contributed by atoms with Crippen LogP contribution in [0.15, 0.2) is 24.3 Å². The molecule has 0 spiro atoms. The summed E-state index contributed by atoms with van der Waals surface area (Å²) in [5.74, 6) is -0.272. The predicted octanol–water partition coefficient (Wildman–Crippen LogP) is 1.94. The van der Waals surface area contributed by atoms with E-state index in [1.54, 1.807) is 17.9 Å². The Morgan fingerprint density at radius 3 is 3.00 bits per heavy atom. The van der Waals surface area contributed by atoms with Gasteiger partial charge in [-0.25, -0.2) is 9.18 Å². The lowest BCUT2D eigenvalue weighted by molar-refractivity contribution is -0.00471. The lowest BCUT2D eigenvalue weighted by atomic mass is 10.1. The zero-order valence-electron chi connectivity index (χ0n) is 13.7. The van der Waals surface area contributed by atoms with E-state index in [9.17, 15) is 14.3 Å². The number of halogens is 1. The van der Waals surface area contributed by atoms with Crippen LogP contribution < -0.4 is 5.32 Å². The molecule has 2 rings (SSSR count). The first-order chi connectivity index (χ1) is 11.0. The fraction of sp³-hybridized carbons (Fsp3) is 0.588. The topological polar surface area (TPSA) is 61.8 Å². The van der Waals surface area contributed by atoms with E-state index in [1.165, 1.54) is 12.1 Å². The number of benzene rings is 1. The third-order valence-electron chi connectivity index (χ3n) is 3.90. The summed E-state index contributed by atoms with van der Waals surface area (Å²) in [5, 5.41) is 12.5. The molecule has 0 radical (unpaired) electrons. The molecular formula is C17H25FN2O3. The zero-order chi connectivity index (χ0) is 16.8. The summed E-state index contributed by atoms with van der Waals surface area (Å²) in [4.78, 5) is 14.2. The second-order valence-corrected chi connectivity index (χ2v) is 6.19. The zero-order valence-corrected chi connectivity index (χ0v) is 13.7. The van der Waals surface area contributed by atoms with E-state index in [0.29, 0.717) is 32.6 Å². The summed E-state index contributed by atoms with van der Waals surface area (Å²) in [5.41, 5.74) is 0.848. The number of hydrogen-bond acceptors (Lipinski definition) is 3. The first-order valence-electron chi connectivity index (χ1n) is 8.03. The third-order valence-corrected chi connectivity index (χ3v) is 3.90. The minimum absolute atomic E-state index is 0.112. The van der Waals surface area contributed by atoms with Gasteiger partial charge in [0.15, 0.2) is 0 Å². The molecule has 128 valence electrons. The van der Waals surface area contributed by atoms with Gasteiger partial charge in [0.1, 0.15) is 5.82 Å². The van der Waals surface area contributed by atoms with Crippen LogP contribution in [-0.2, 0) is 11.2 Å². The monoisotopic (exact) mass is 324 g/mol. The Hall–Kier alpha value is -1.66. The van der Waals surface area contributed by atoms with E-state index in [0.717, 1.165) is 5.56 Å². The van der Waals surface area contributed by atoms with E-state index in [4.69, 9.17) is 4.74 Å². The van der Waals surface area contributed by atoms with Gasteiger partial charge in [-0.1, -0.05) is 12.1 Å².